The van der Waals surface area contributed by atoms with E-state index in [1.165, 1.54) is 16.7 Å². The lowest BCUT2D eigenvalue weighted by atomic mass is 10.2. The largest absolute Gasteiger partial charge is 0.455 e. The number of aryl methyl sites for hydroxylation is 1. The van der Waals surface area contributed by atoms with Crippen molar-refractivity contribution in [3.8, 4) is 0 Å². The van der Waals surface area contributed by atoms with E-state index in [4.69, 9.17) is 4.74 Å². The van der Waals surface area contributed by atoms with Crippen molar-refractivity contribution in [2.24, 2.45) is 0 Å². The molecule has 1 amide bonds. The average molecular weight is 371 g/mol. The van der Waals surface area contributed by atoms with Crippen LogP contribution in [0.1, 0.15) is 12.0 Å². The summed E-state index contributed by atoms with van der Waals surface area (Å²) in [6, 6.07) is 7.44. The van der Waals surface area contributed by atoms with Crippen LogP contribution in [0, 0.1) is 6.92 Å². The summed E-state index contributed by atoms with van der Waals surface area (Å²) in [5.41, 5.74) is 1.14. The maximum absolute atomic E-state index is 12.0. The molecule has 0 radical (unpaired) electrons. The summed E-state index contributed by atoms with van der Waals surface area (Å²) in [6.45, 7) is 1.63. The van der Waals surface area contributed by atoms with Gasteiger partial charge in [-0.05, 0) is 25.5 Å². The highest BCUT2D eigenvalue weighted by Crippen LogP contribution is 2.19. The quantitative estimate of drug-likeness (QED) is 0.553. The lowest BCUT2D eigenvalue weighted by molar-refractivity contribution is -0.150. The van der Waals surface area contributed by atoms with Crippen LogP contribution in [0.15, 0.2) is 29.2 Å². The van der Waals surface area contributed by atoms with E-state index in [0.717, 1.165) is 10.5 Å². The van der Waals surface area contributed by atoms with Crippen LogP contribution in [0.25, 0.3) is 0 Å². The highest BCUT2D eigenvalue weighted by molar-refractivity contribution is 8.00. The van der Waals surface area contributed by atoms with Crippen LogP contribution in [-0.2, 0) is 24.2 Å². The van der Waals surface area contributed by atoms with Crippen LogP contribution in [-0.4, -0.2) is 62.1 Å². The summed E-state index contributed by atoms with van der Waals surface area (Å²) in [6.07, 6.45) is 0.432. The monoisotopic (exact) mass is 371 g/mol. The zero-order valence-corrected chi connectivity index (χ0v) is 15.4. The molecule has 1 aromatic rings. The minimum atomic E-state index is -3.05. The number of hydrogen-bond donors (Lipinski definition) is 0. The fourth-order valence-electron chi connectivity index (χ4n) is 2.35. The molecule has 8 heteroatoms. The number of rotatable bonds is 6. The first-order chi connectivity index (χ1) is 11.3. The van der Waals surface area contributed by atoms with Crippen LogP contribution in [0.3, 0.4) is 0 Å². The van der Waals surface area contributed by atoms with Crippen LogP contribution in [0.4, 0.5) is 0 Å². The van der Waals surface area contributed by atoms with Gasteiger partial charge in [-0.15, -0.1) is 11.8 Å². The third-order valence-electron chi connectivity index (χ3n) is 3.88. The van der Waals surface area contributed by atoms with Crippen molar-refractivity contribution in [1.82, 2.24) is 4.90 Å². The SMILES string of the molecule is Cc1ccc(SCC(=O)OCC(=O)N(C)[C@@H]2CCS(=O)(=O)C2)cc1. The Labute approximate surface area is 146 Å². The van der Waals surface area contributed by atoms with E-state index in [9.17, 15) is 18.0 Å². The number of ether oxygens (including phenoxy) is 1. The van der Waals surface area contributed by atoms with E-state index in [-0.39, 0.29) is 35.8 Å². The number of benzene rings is 1. The molecule has 1 aliphatic rings. The van der Waals surface area contributed by atoms with E-state index < -0.39 is 15.8 Å². The molecule has 1 fully saturated rings. The van der Waals surface area contributed by atoms with Crippen LogP contribution >= 0.6 is 11.8 Å². The van der Waals surface area contributed by atoms with Gasteiger partial charge >= 0.3 is 5.97 Å². The minimum absolute atomic E-state index is 0.0214. The molecule has 24 heavy (non-hydrogen) atoms. The molecule has 1 heterocycles. The molecule has 0 aliphatic carbocycles. The maximum atomic E-state index is 12.0. The predicted molar refractivity (Wildman–Crippen MR) is 92.7 cm³/mol. The standard InChI is InChI=1S/C16H21NO5S2/c1-12-3-5-14(6-4-12)23-10-16(19)22-9-15(18)17(2)13-7-8-24(20,21)11-13/h3-6,13H,7-11H2,1-2H3/t13-/m1/s1. The first kappa shape index (κ1) is 18.8. The molecule has 1 atom stereocenters. The van der Waals surface area contributed by atoms with E-state index in [1.807, 2.05) is 31.2 Å². The molecule has 1 aromatic carbocycles. The molecular formula is C16H21NO5S2. The van der Waals surface area contributed by atoms with Crippen molar-refractivity contribution >= 4 is 33.5 Å². The normalized spacial score (nSPS) is 19.0. The lowest BCUT2D eigenvalue weighted by Gasteiger charge is -2.23. The second-order valence-electron chi connectivity index (χ2n) is 5.82. The van der Waals surface area contributed by atoms with Gasteiger partial charge in [0.15, 0.2) is 16.4 Å². The zero-order valence-electron chi connectivity index (χ0n) is 13.7. The van der Waals surface area contributed by atoms with Gasteiger partial charge in [0.2, 0.25) is 0 Å². The number of carbonyl (C=O) groups is 2. The number of thioether (sulfide) groups is 1. The Balaban J connectivity index is 1.72. The van der Waals surface area contributed by atoms with Crippen LogP contribution < -0.4 is 0 Å². The van der Waals surface area contributed by atoms with Gasteiger partial charge < -0.3 is 9.64 Å². The molecular weight excluding hydrogens is 350 g/mol. The molecule has 132 valence electrons. The Morgan fingerprint density at radius 2 is 1.96 bits per heavy atom. The fourth-order valence-corrected chi connectivity index (χ4v) is 4.82. The van der Waals surface area contributed by atoms with Crippen molar-refractivity contribution in [1.29, 1.82) is 0 Å². The highest BCUT2D eigenvalue weighted by Gasteiger charge is 2.32. The number of sulfone groups is 1. The number of nitrogens with zero attached hydrogens (tertiary/aromatic N) is 1. The van der Waals surface area contributed by atoms with Gasteiger partial charge in [0.05, 0.1) is 17.3 Å². The average Bonchev–Trinajstić information content (AvgIpc) is 2.91. The Bertz CT molecular complexity index is 700. The van der Waals surface area contributed by atoms with Gasteiger partial charge in [-0.2, -0.15) is 0 Å². The number of esters is 1. The van der Waals surface area contributed by atoms with Crippen molar-refractivity contribution in [2.45, 2.75) is 24.3 Å². The van der Waals surface area contributed by atoms with Gasteiger partial charge in [-0.1, -0.05) is 17.7 Å². The van der Waals surface area contributed by atoms with Gasteiger partial charge in [-0.25, -0.2) is 8.42 Å². The lowest BCUT2D eigenvalue weighted by Crippen LogP contribution is -2.40. The van der Waals surface area contributed by atoms with Crippen LogP contribution in [0.5, 0.6) is 0 Å². The molecule has 1 saturated heterocycles. The minimum Gasteiger partial charge on any atom is -0.455 e. The van der Waals surface area contributed by atoms with Crippen molar-refractivity contribution in [2.75, 3.05) is 30.9 Å². The zero-order chi connectivity index (χ0) is 17.7. The topological polar surface area (TPSA) is 80.8 Å². The smallest absolute Gasteiger partial charge is 0.316 e. The Kier molecular flexibility index (Phi) is 6.28. The number of amides is 1. The number of carbonyl (C=O) groups excluding carboxylic acids is 2. The number of hydrogen-bond acceptors (Lipinski definition) is 6. The molecule has 6 nitrogen and oxygen atoms in total. The van der Waals surface area contributed by atoms with E-state index in [1.54, 1.807) is 7.05 Å². The Hall–Kier alpha value is -1.54. The molecule has 0 unspecified atom stereocenters. The number of likely N-dealkylation sites (N-methyl/N-ethyl adjacent to an activating group) is 1. The summed E-state index contributed by atoms with van der Waals surface area (Å²) in [7, 11) is -1.51. The summed E-state index contributed by atoms with van der Waals surface area (Å²) in [4.78, 5) is 26.1. The molecule has 0 spiro atoms. The Morgan fingerprint density at radius 1 is 1.29 bits per heavy atom. The molecule has 2 rings (SSSR count). The van der Waals surface area contributed by atoms with E-state index in [2.05, 4.69) is 0 Å². The highest BCUT2D eigenvalue weighted by atomic mass is 32.2. The molecule has 0 aromatic heterocycles. The van der Waals surface area contributed by atoms with Crippen molar-refractivity contribution in [3.05, 3.63) is 29.8 Å². The summed E-state index contributed by atoms with van der Waals surface area (Å²) >= 11 is 1.34. The molecule has 0 saturated carbocycles. The van der Waals surface area contributed by atoms with Gasteiger partial charge in [0.1, 0.15) is 0 Å². The van der Waals surface area contributed by atoms with Crippen LogP contribution in [0.2, 0.25) is 0 Å². The second-order valence-corrected chi connectivity index (χ2v) is 9.10. The van der Waals surface area contributed by atoms with E-state index in [0.29, 0.717) is 6.42 Å². The fraction of sp³-hybridized carbons (Fsp3) is 0.500. The molecule has 1 aliphatic heterocycles. The van der Waals surface area contributed by atoms with Crippen molar-refractivity contribution in [3.63, 3.8) is 0 Å². The summed E-state index contributed by atoms with van der Waals surface area (Å²) < 4.78 is 27.9. The predicted octanol–water partition coefficient (Wildman–Crippen LogP) is 1.28. The first-order valence-electron chi connectivity index (χ1n) is 7.58. The van der Waals surface area contributed by atoms with Crippen molar-refractivity contribution < 1.29 is 22.7 Å². The van der Waals surface area contributed by atoms with Gasteiger partial charge in [0, 0.05) is 18.0 Å². The maximum Gasteiger partial charge on any atom is 0.316 e. The molecule has 0 bridgehead atoms. The van der Waals surface area contributed by atoms with Gasteiger partial charge in [-0.3, -0.25) is 9.59 Å². The Morgan fingerprint density at radius 3 is 2.54 bits per heavy atom. The second kappa shape index (κ2) is 8.02. The third-order valence-corrected chi connectivity index (χ3v) is 6.62. The molecule has 0 N–H and O–H groups in total. The van der Waals surface area contributed by atoms with Gasteiger partial charge in [0.25, 0.3) is 5.91 Å². The van der Waals surface area contributed by atoms with E-state index >= 15 is 0 Å². The summed E-state index contributed by atoms with van der Waals surface area (Å²) in [5.74, 6) is -0.654. The summed E-state index contributed by atoms with van der Waals surface area (Å²) in [5, 5.41) is 0. The first-order valence-corrected chi connectivity index (χ1v) is 10.4. The third kappa shape index (κ3) is 5.52.